The number of hydrogen-bond donors (Lipinski definition) is 0. The summed E-state index contributed by atoms with van der Waals surface area (Å²) in [5.74, 6) is 0. The third-order valence-corrected chi connectivity index (χ3v) is 5.52. The molecule has 0 saturated heterocycles. The summed E-state index contributed by atoms with van der Waals surface area (Å²) < 4.78 is 0. The molecule has 0 heterocycles. The molecule has 1 aromatic carbocycles. The Morgan fingerprint density at radius 1 is 1.22 bits per heavy atom. The second kappa shape index (κ2) is 3.47. The van der Waals surface area contributed by atoms with Crippen molar-refractivity contribution in [2.45, 2.75) is 6.55 Å². The Labute approximate surface area is 70.4 Å². The summed E-state index contributed by atoms with van der Waals surface area (Å²) in [6, 6.07) is 10.8. The molecular formula is C7H8HfSi+2. The van der Waals surface area contributed by atoms with Crippen LogP contribution in [0.25, 0.3) is 0 Å². The van der Waals surface area contributed by atoms with Crippen LogP contribution in [0.1, 0.15) is 0 Å². The Bertz CT molecular complexity index is 205. The second-order valence-electron chi connectivity index (χ2n) is 1.99. The van der Waals surface area contributed by atoms with Crippen molar-refractivity contribution in [2.24, 2.45) is 0 Å². The molecule has 1 aromatic rings. The molecular weight excluding hydrogens is 291 g/mol. The molecule has 1 rings (SSSR count). The molecule has 0 saturated carbocycles. The van der Waals surface area contributed by atoms with E-state index in [2.05, 4.69) is 36.9 Å². The van der Waals surface area contributed by atoms with Crippen LogP contribution in [-0.2, 0) is 23.0 Å². The van der Waals surface area contributed by atoms with E-state index in [1.807, 2.05) is 0 Å². The second-order valence-corrected chi connectivity index (χ2v) is 11.9. The first-order valence-corrected chi connectivity index (χ1v) is 10.3. The monoisotopic (exact) mass is 300 g/mol. The molecule has 0 aliphatic carbocycles. The predicted molar refractivity (Wildman–Crippen MR) is 37.7 cm³/mol. The van der Waals surface area contributed by atoms with E-state index >= 15 is 0 Å². The Balaban J connectivity index is 2.98. The zero-order chi connectivity index (χ0) is 6.69. The number of hydrogen-bond acceptors (Lipinski definition) is 0. The normalized spacial score (nSPS) is 9.22. The quantitative estimate of drug-likeness (QED) is 0.680. The van der Waals surface area contributed by atoms with Gasteiger partial charge in [0.25, 0.3) is 0 Å². The van der Waals surface area contributed by atoms with E-state index < -0.39 is 0 Å². The summed E-state index contributed by atoms with van der Waals surface area (Å²) in [6.07, 6.45) is 0. The van der Waals surface area contributed by atoms with Crippen molar-refractivity contribution in [3.05, 3.63) is 30.3 Å². The molecule has 0 nitrogen and oxygen atoms in total. The van der Waals surface area contributed by atoms with Crippen LogP contribution in [0.3, 0.4) is 0 Å². The van der Waals surface area contributed by atoms with Crippen LogP contribution in [0.4, 0.5) is 0 Å². The van der Waals surface area contributed by atoms with E-state index in [0.717, 1.165) is 0 Å². The molecule has 9 heavy (non-hydrogen) atoms. The molecule has 0 unspecified atom stereocenters. The predicted octanol–water partition coefficient (Wildman–Crippen LogP) is 1.06. The molecule has 42 valence electrons. The van der Waals surface area contributed by atoms with E-state index in [-0.39, 0.29) is 5.49 Å². The van der Waals surface area contributed by atoms with Crippen LogP contribution in [0, 0.1) is 0 Å². The number of rotatable bonds is 1. The van der Waals surface area contributed by atoms with Crippen molar-refractivity contribution in [3.8, 4) is 0 Å². The van der Waals surface area contributed by atoms with Gasteiger partial charge in [0, 0.05) is 0 Å². The van der Waals surface area contributed by atoms with Gasteiger partial charge in [-0.2, -0.15) is 0 Å². The van der Waals surface area contributed by atoms with E-state index in [1.165, 1.54) is 23.0 Å². The van der Waals surface area contributed by atoms with Crippen molar-refractivity contribution >= 4 is 10.7 Å². The van der Waals surface area contributed by atoms with Crippen LogP contribution in [0.5, 0.6) is 0 Å². The van der Waals surface area contributed by atoms with Crippen LogP contribution in [0.2, 0.25) is 6.55 Å². The maximum atomic E-state index is 2.37. The van der Waals surface area contributed by atoms with Gasteiger partial charge in [0.05, 0.1) is 0 Å². The molecule has 0 radical (unpaired) electrons. The summed E-state index contributed by atoms with van der Waals surface area (Å²) in [5.41, 5.74) is -0.0733. The van der Waals surface area contributed by atoms with Gasteiger partial charge in [-0.25, -0.2) is 0 Å². The van der Waals surface area contributed by atoms with Gasteiger partial charge in [-0.15, -0.1) is 0 Å². The summed E-state index contributed by atoms with van der Waals surface area (Å²) in [4.78, 5) is 0. The average Bonchev–Trinajstić information content (AvgIpc) is 1.90. The summed E-state index contributed by atoms with van der Waals surface area (Å²) >= 11 is 1.36. The Morgan fingerprint density at radius 2 is 1.78 bits per heavy atom. The number of benzene rings is 1. The van der Waals surface area contributed by atoms with Crippen molar-refractivity contribution in [1.29, 1.82) is 0 Å². The summed E-state index contributed by atoms with van der Waals surface area (Å²) in [5, 5.41) is 1.58. The van der Waals surface area contributed by atoms with E-state index in [1.54, 1.807) is 5.19 Å². The summed E-state index contributed by atoms with van der Waals surface area (Å²) in [6.45, 7) is 2.37. The van der Waals surface area contributed by atoms with Gasteiger partial charge in [-0.1, -0.05) is 0 Å². The van der Waals surface area contributed by atoms with Gasteiger partial charge < -0.3 is 0 Å². The zero-order valence-electron chi connectivity index (χ0n) is 5.39. The fourth-order valence-electron chi connectivity index (χ4n) is 0.688. The first kappa shape index (κ1) is 7.41. The fourth-order valence-corrected chi connectivity index (χ4v) is 3.18. The molecule has 0 spiro atoms. The van der Waals surface area contributed by atoms with Gasteiger partial charge in [-0.3, -0.25) is 0 Å². The minimum atomic E-state index is -0.0733. The molecule has 2 heteroatoms. The van der Waals surface area contributed by atoms with E-state index in [0.29, 0.717) is 0 Å². The first-order valence-electron chi connectivity index (χ1n) is 2.91. The third kappa shape index (κ3) is 2.18. The third-order valence-electron chi connectivity index (χ3n) is 1.21. The topological polar surface area (TPSA) is 0 Å². The SMILES string of the molecule is C[Si](=[Hf+2])c1ccccc1. The summed E-state index contributed by atoms with van der Waals surface area (Å²) in [7, 11) is 0. The molecule has 0 amide bonds. The fraction of sp³-hybridized carbons (Fsp3) is 0.143. The standard InChI is InChI=1S/C7H8Si.Hf/c1-8-7-5-3-2-4-6-7;/h2-6H,1H3;/q;+2. The molecule has 0 bridgehead atoms. The molecule has 0 fully saturated rings. The van der Waals surface area contributed by atoms with Crippen molar-refractivity contribution < 1.29 is 23.0 Å². The van der Waals surface area contributed by atoms with Gasteiger partial charge in [-0.05, 0) is 0 Å². The molecule has 0 aliphatic heterocycles. The van der Waals surface area contributed by atoms with Gasteiger partial charge in [0.2, 0.25) is 0 Å². The first-order chi connectivity index (χ1) is 4.30. The maximum absolute atomic E-state index is 2.37. The minimum absolute atomic E-state index is 0.0733. The molecule has 0 aliphatic rings. The van der Waals surface area contributed by atoms with E-state index in [4.69, 9.17) is 0 Å². The van der Waals surface area contributed by atoms with Gasteiger partial charge in [0.15, 0.2) is 0 Å². The Hall–Kier alpha value is 0.307. The molecule has 0 N–H and O–H groups in total. The van der Waals surface area contributed by atoms with Crippen LogP contribution >= 0.6 is 0 Å². The van der Waals surface area contributed by atoms with Crippen LogP contribution < -0.4 is 5.19 Å². The zero-order valence-corrected chi connectivity index (χ0v) is 9.98. The van der Waals surface area contributed by atoms with Gasteiger partial charge in [0.1, 0.15) is 0 Å². The molecule has 0 atom stereocenters. The Kier molecular flexibility index (Phi) is 2.86. The van der Waals surface area contributed by atoms with E-state index in [9.17, 15) is 0 Å². The molecule has 0 aromatic heterocycles. The average molecular weight is 299 g/mol. The Morgan fingerprint density at radius 3 is 2.11 bits per heavy atom. The van der Waals surface area contributed by atoms with Crippen molar-refractivity contribution in [3.63, 3.8) is 0 Å². The van der Waals surface area contributed by atoms with Gasteiger partial charge >= 0.3 is 70.6 Å². The van der Waals surface area contributed by atoms with Crippen LogP contribution in [-0.4, -0.2) is 5.49 Å². The van der Waals surface area contributed by atoms with Crippen molar-refractivity contribution in [2.75, 3.05) is 0 Å². The van der Waals surface area contributed by atoms with Crippen molar-refractivity contribution in [1.82, 2.24) is 0 Å². The van der Waals surface area contributed by atoms with Crippen LogP contribution in [0.15, 0.2) is 30.3 Å².